The van der Waals surface area contributed by atoms with E-state index in [1.165, 1.54) is 0 Å². The summed E-state index contributed by atoms with van der Waals surface area (Å²) in [5.74, 6) is -2.25. The molecule has 144 valence electrons. The molecule has 0 aliphatic rings. The van der Waals surface area contributed by atoms with E-state index < -0.39 is 31.5 Å². The molecule has 0 aliphatic heterocycles. The molecule has 0 saturated heterocycles. The van der Waals surface area contributed by atoms with Crippen LogP contribution in [0.4, 0.5) is 0 Å². The molecule has 0 N–H and O–H groups in total. The number of rotatable bonds is 10. The van der Waals surface area contributed by atoms with E-state index in [1.807, 2.05) is 30.3 Å². The molecular weight excluding hydrogens is 348 g/mol. The van der Waals surface area contributed by atoms with Crippen LogP contribution in [0.25, 0.3) is 0 Å². The SMILES string of the molecule is CCOC(=O)C(C(=O)OCC)[C@H](CC(=O)CC)[Si](C)(C)c1ccccc1. The molecule has 0 aliphatic carbocycles. The summed E-state index contributed by atoms with van der Waals surface area (Å²) in [7, 11) is -2.36. The fraction of sp³-hybridized carbons (Fsp3) is 0.550. The molecule has 0 amide bonds. The van der Waals surface area contributed by atoms with E-state index in [0.29, 0.717) is 6.42 Å². The number of ketones is 1. The van der Waals surface area contributed by atoms with Crippen LogP contribution in [0.2, 0.25) is 18.6 Å². The maximum Gasteiger partial charge on any atom is 0.320 e. The fourth-order valence-corrected chi connectivity index (χ4v) is 6.47. The first-order valence-electron chi connectivity index (χ1n) is 9.19. The Balaban J connectivity index is 3.40. The Morgan fingerprint density at radius 3 is 1.85 bits per heavy atom. The number of esters is 2. The van der Waals surface area contributed by atoms with Gasteiger partial charge in [0.1, 0.15) is 5.78 Å². The standard InChI is InChI=1S/C20H30O5Si/c1-6-15(21)14-17(26(4,5)16-12-10-9-11-13-16)18(19(22)24-7-2)20(23)25-8-3/h9-13,17-18H,6-8,14H2,1-5H3/t17-/m0/s1. The number of Topliss-reactive ketones (excluding diaryl/α,β-unsaturated/α-hetero) is 1. The zero-order chi connectivity index (χ0) is 19.7. The second-order valence-corrected chi connectivity index (χ2v) is 11.5. The summed E-state index contributed by atoms with van der Waals surface area (Å²) < 4.78 is 10.3. The van der Waals surface area contributed by atoms with Crippen LogP contribution in [0.5, 0.6) is 0 Å². The van der Waals surface area contributed by atoms with Gasteiger partial charge in [0, 0.05) is 12.8 Å². The van der Waals surface area contributed by atoms with Crippen molar-refractivity contribution >= 4 is 31.0 Å². The summed E-state index contributed by atoms with van der Waals surface area (Å²) in [5, 5.41) is 1.09. The Morgan fingerprint density at radius 2 is 1.42 bits per heavy atom. The van der Waals surface area contributed by atoms with Crippen LogP contribution in [0.1, 0.15) is 33.6 Å². The predicted octanol–water partition coefficient (Wildman–Crippen LogP) is 3.08. The van der Waals surface area contributed by atoms with Crippen molar-refractivity contribution in [3.05, 3.63) is 30.3 Å². The molecule has 0 fully saturated rings. The summed E-state index contributed by atoms with van der Waals surface area (Å²) >= 11 is 0. The van der Waals surface area contributed by atoms with Crippen molar-refractivity contribution in [1.29, 1.82) is 0 Å². The number of benzene rings is 1. The van der Waals surface area contributed by atoms with Crippen molar-refractivity contribution in [2.75, 3.05) is 13.2 Å². The van der Waals surface area contributed by atoms with Crippen molar-refractivity contribution in [2.24, 2.45) is 5.92 Å². The summed E-state index contributed by atoms with van der Waals surface area (Å²) in [6, 6.07) is 9.80. The van der Waals surface area contributed by atoms with Gasteiger partial charge in [-0.1, -0.05) is 55.5 Å². The first-order chi connectivity index (χ1) is 12.3. The Labute approximate surface area is 157 Å². The largest absolute Gasteiger partial charge is 0.465 e. The van der Waals surface area contributed by atoms with Gasteiger partial charge in [-0.2, -0.15) is 0 Å². The van der Waals surface area contributed by atoms with Crippen LogP contribution in [-0.4, -0.2) is 39.0 Å². The lowest BCUT2D eigenvalue weighted by Gasteiger charge is -2.36. The highest BCUT2D eigenvalue weighted by Crippen LogP contribution is 2.36. The normalized spacial score (nSPS) is 12.5. The summed E-state index contributed by atoms with van der Waals surface area (Å²) in [6.45, 7) is 9.72. The molecule has 0 spiro atoms. The lowest BCUT2D eigenvalue weighted by atomic mass is 9.99. The van der Waals surface area contributed by atoms with E-state index in [9.17, 15) is 14.4 Å². The molecule has 0 radical (unpaired) electrons. The Morgan fingerprint density at radius 1 is 0.923 bits per heavy atom. The monoisotopic (exact) mass is 378 g/mol. The maximum atomic E-state index is 12.6. The minimum Gasteiger partial charge on any atom is -0.465 e. The average Bonchev–Trinajstić information content (AvgIpc) is 2.62. The van der Waals surface area contributed by atoms with Crippen LogP contribution >= 0.6 is 0 Å². The molecule has 0 saturated carbocycles. The first-order valence-corrected chi connectivity index (χ1v) is 12.3. The van der Waals surface area contributed by atoms with Crippen molar-refractivity contribution in [2.45, 2.75) is 52.2 Å². The maximum absolute atomic E-state index is 12.6. The minimum atomic E-state index is -2.36. The van der Waals surface area contributed by atoms with E-state index in [0.717, 1.165) is 5.19 Å². The van der Waals surface area contributed by atoms with Crippen LogP contribution in [0.15, 0.2) is 30.3 Å². The van der Waals surface area contributed by atoms with Crippen LogP contribution in [0.3, 0.4) is 0 Å². The zero-order valence-corrected chi connectivity index (χ0v) is 17.4. The first kappa shape index (κ1) is 22.1. The third kappa shape index (κ3) is 5.52. The van der Waals surface area contributed by atoms with E-state index in [1.54, 1.807) is 20.8 Å². The number of hydrogen-bond acceptors (Lipinski definition) is 5. The molecule has 1 atom stereocenters. The number of carbonyl (C=O) groups is 3. The van der Waals surface area contributed by atoms with Crippen LogP contribution in [-0.2, 0) is 23.9 Å². The highest BCUT2D eigenvalue weighted by Gasteiger charge is 2.47. The molecule has 0 aromatic heterocycles. The van der Waals surface area contributed by atoms with E-state index >= 15 is 0 Å². The molecule has 6 heteroatoms. The predicted molar refractivity (Wildman–Crippen MR) is 104 cm³/mol. The molecule has 0 unspecified atom stereocenters. The van der Waals surface area contributed by atoms with Gasteiger partial charge in [0.2, 0.25) is 0 Å². The van der Waals surface area contributed by atoms with Crippen LogP contribution in [0, 0.1) is 5.92 Å². The van der Waals surface area contributed by atoms with E-state index in [2.05, 4.69) is 13.1 Å². The number of ether oxygens (including phenoxy) is 2. The van der Waals surface area contributed by atoms with Crippen LogP contribution < -0.4 is 5.19 Å². The third-order valence-electron chi connectivity index (χ3n) is 4.77. The zero-order valence-electron chi connectivity index (χ0n) is 16.4. The number of hydrogen-bond donors (Lipinski definition) is 0. The molecule has 1 aromatic carbocycles. The Bertz CT molecular complexity index is 594. The lowest BCUT2D eigenvalue weighted by Crippen LogP contribution is -2.52. The van der Waals surface area contributed by atoms with E-state index in [-0.39, 0.29) is 25.4 Å². The van der Waals surface area contributed by atoms with Crippen molar-refractivity contribution in [3.63, 3.8) is 0 Å². The van der Waals surface area contributed by atoms with Crippen molar-refractivity contribution in [3.8, 4) is 0 Å². The van der Waals surface area contributed by atoms with Gasteiger partial charge in [-0.05, 0) is 19.4 Å². The lowest BCUT2D eigenvalue weighted by molar-refractivity contribution is -0.161. The highest BCUT2D eigenvalue weighted by molar-refractivity contribution is 6.91. The molecule has 5 nitrogen and oxygen atoms in total. The van der Waals surface area contributed by atoms with Gasteiger partial charge in [-0.3, -0.25) is 14.4 Å². The molecule has 0 heterocycles. The minimum absolute atomic E-state index is 0.0325. The van der Waals surface area contributed by atoms with Gasteiger partial charge in [0.25, 0.3) is 0 Å². The summed E-state index contributed by atoms with van der Waals surface area (Å²) in [5.41, 5.74) is -0.421. The molecular formula is C20H30O5Si. The van der Waals surface area contributed by atoms with Gasteiger partial charge >= 0.3 is 11.9 Å². The smallest absolute Gasteiger partial charge is 0.320 e. The summed E-state index contributed by atoms with van der Waals surface area (Å²) in [6.07, 6.45) is 0.543. The van der Waals surface area contributed by atoms with Gasteiger partial charge in [0.05, 0.1) is 21.3 Å². The van der Waals surface area contributed by atoms with Crippen molar-refractivity contribution < 1.29 is 23.9 Å². The van der Waals surface area contributed by atoms with Gasteiger partial charge < -0.3 is 9.47 Å². The summed E-state index contributed by atoms with van der Waals surface area (Å²) in [4.78, 5) is 37.6. The van der Waals surface area contributed by atoms with Gasteiger partial charge in [-0.15, -0.1) is 0 Å². The van der Waals surface area contributed by atoms with Crippen molar-refractivity contribution in [1.82, 2.24) is 0 Å². The molecule has 1 rings (SSSR count). The molecule has 1 aromatic rings. The van der Waals surface area contributed by atoms with E-state index in [4.69, 9.17) is 9.47 Å². The van der Waals surface area contributed by atoms with Gasteiger partial charge in [-0.25, -0.2) is 0 Å². The third-order valence-corrected chi connectivity index (χ3v) is 8.98. The van der Waals surface area contributed by atoms with Gasteiger partial charge in [0.15, 0.2) is 5.92 Å². The molecule has 26 heavy (non-hydrogen) atoms. The molecule has 0 bridgehead atoms. The topological polar surface area (TPSA) is 69.7 Å². The Kier molecular flexibility index (Phi) is 8.71. The second kappa shape index (κ2) is 10.3. The number of carbonyl (C=O) groups excluding carboxylic acids is 3. The second-order valence-electron chi connectivity index (χ2n) is 6.77. The quantitative estimate of drug-likeness (QED) is 0.355. The average molecular weight is 379 g/mol. The Hall–Kier alpha value is -1.95. The fourth-order valence-electron chi connectivity index (χ4n) is 3.15. The highest BCUT2D eigenvalue weighted by atomic mass is 28.3.